The van der Waals surface area contributed by atoms with Crippen LogP contribution in [-0.2, 0) is 28.7 Å². The number of carbonyl (C=O) groups is 4. The maximum absolute atomic E-state index is 14.8. The molecule has 1 unspecified atom stereocenters. The average Bonchev–Trinajstić information content (AvgIpc) is 3.70. The molecule has 8 nitrogen and oxygen atoms in total. The molecule has 0 spiro atoms. The molecular formula is C62H52Cl2O8. The van der Waals surface area contributed by atoms with E-state index in [9.17, 15) is 29.4 Å². The molecule has 7 aromatic rings. The molecule has 0 saturated heterocycles. The first-order valence-electron chi connectivity index (χ1n) is 24.8. The molecule has 4 aliphatic rings. The van der Waals surface area contributed by atoms with Gasteiger partial charge in [0.05, 0.1) is 23.7 Å². The zero-order chi connectivity index (χ0) is 49.6. The monoisotopic (exact) mass is 994 g/mol. The number of rotatable bonds is 13. The number of ether oxygens (including phenoxy) is 2. The molecule has 0 heterocycles. The zero-order valence-electron chi connectivity index (χ0n) is 39.2. The molecule has 0 amide bonds. The first-order chi connectivity index (χ1) is 35.1. The summed E-state index contributed by atoms with van der Waals surface area (Å²) in [7, 11) is 0. The van der Waals surface area contributed by atoms with Gasteiger partial charge in [-0.3, -0.25) is 19.2 Å². The molecule has 362 valence electrons. The molecule has 3 saturated carbocycles. The predicted octanol–water partition coefficient (Wildman–Crippen LogP) is 13.7. The molecule has 11 rings (SSSR count). The minimum Gasteiger partial charge on any atom is -0.481 e. The fraction of sp³-hybridized carbons (Fsp3) is 0.258. The van der Waals surface area contributed by atoms with E-state index in [1.54, 1.807) is 48.5 Å². The first kappa shape index (κ1) is 47.3. The van der Waals surface area contributed by atoms with E-state index >= 15 is 0 Å². The fourth-order valence-corrected chi connectivity index (χ4v) is 13.5. The van der Waals surface area contributed by atoms with Crippen molar-refractivity contribution in [2.75, 3.05) is 6.61 Å². The number of aliphatic carboxylic acids is 2. The number of fused-ring (bicyclic) bond motifs is 3. The Kier molecular flexibility index (Phi) is 13.1. The lowest BCUT2D eigenvalue weighted by Gasteiger charge is -2.49. The smallest absolute Gasteiger partial charge is 0.310 e. The lowest BCUT2D eigenvalue weighted by atomic mass is 9.52. The summed E-state index contributed by atoms with van der Waals surface area (Å²) >= 11 is 13.4. The summed E-state index contributed by atoms with van der Waals surface area (Å²) in [6.45, 7) is -0.00971. The number of carboxylic acid groups (broad SMARTS) is 2. The van der Waals surface area contributed by atoms with Crippen LogP contribution in [0.25, 0.3) is 22.3 Å². The summed E-state index contributed by atoms with van der Waals surface area (Å²) in [6, 6.07) is 55.8. The molecule has 2 N–H and O–H groups in total. The van der Waals surface area contributed by atoms with E-state index in [4.69, 9.17) is 32.7 Å². The second-order valence-corrected chi connectivity index (χ2v) is 20.6. The molecule has 4 aliphatic carbocycles. The van der Waals surface area contributed by atoms with Gasteiger partial charge in [-0.25, -0.2) is 0 Å². The third-order valence-electron chi connectivity index (χ3n) is 16.2. The van der Waals surface area contributed by atoms with Crippen LogP contribution in [0, 0.1) is 23.7 Å². The Hall–Kier alpha value is -7.00. The lowest BCUT2D eigenvalue weighted by Crippen LogP contribution is -2.52. The largest absolute Gasteiger partial charge is 0.481 e. The van der Waals surface area contributed by atoms with Crippen LogP contribution < -0.4 is 0 Å². The number of hydrogen-bond donors (Lipinski definition) is 2. The molecule has 0 radical (unpaired) electrons. The second-order valence-electron chi connectivity index (χ2n) is 19.8. The van der Waals surface area contributed by atoms with E-state index in [2.05, 4.69) is 18.2 Å². The molecule has 7 aromatic carbocycles. The van der Waals surface area contributed by atoms with Gasteiger partial charge >= 0.3 is 23.9 Å². The van der Waals surface area contributed by atoms with Crippen molar-refractivity contribution in [3.63, 3.8) is 0 Å². The normalized spacial score (nSPS) is 25.9. The molecule has 9 atom stereocenters. The van der Waals surface area contributed by atoms with Gasteiger partial charge < -0.3 is 19.7 Å². The van der Waals surface area contributed by atoms with Crippen LogP contribution in [0.1, 0.15) is 100 Å². The topological polar surface area (TPSA) is 127 Å². The van der Waals surface area contributed by atoms with E-state index in [0.29, 0.717) is 21.2 Å². The minimum atomic E-state index is -1.05. The van der Waals surface area contributed by atoms with E-state index < -0.39 is 65.3 Å². The highest BCUT2D eigenvalue weighted by Gasteiger charge is 2.61. The average molecular weight is 996 g/mol. The summed E-state index contributed by atoms with van der Waals surface area (Å²) in [4.78, 5) is 55.9. The van der Waals surface area contributed by atoms with Crippen LogP contribution in [-0.4, -0.2) is 46.8 Å². The molecule has 72 heavy (non-hydrogen) atoms. The highest BCUT2D eigenvalue weighted by molar-refractivity contribution is 6.32. The van der Waals surface area contributed by atoms with E-state index in [-0.39, 0.29) is 30.5 Å². The first-order valence-corrected chi connectivity index (χ1v) is 25.6. The van der Waals surface area contributed by atoms with Crippen molar-refractivity contribution in [3.8, 4) is 22.3 Å². The Balaban J connectivity index is 0.917. The van der Waals surface area contributed by atoms with Gasteiger partial charge in [0.25, 0.3) is 0 Å². The van der Waals surface area contributed by atoms with Crippen LogP contribution in [0.2, 0.25) is 10.0 Å². The quantitative estimate of drug-likeness (QED) is 0.109. The third-order valence-corrected chi connectivity index (χ3v) is 16.9. The van der Waals surface area contributed by atoms with Crippen molar-refractivity contribution in [2.45, 2.75) is 67.3 Å². The summed E-state index contributed by atoms with van der Waals surface area (Å²) in [5, 5.41) is 22.4. The van der Waals surface area contributed by atoms with Gasteiger partial charge in [-0.05, 0) is 92.6 Å². The molecule has 3 fully saturated rings. The Labute approximate surface area is 428 Å². The Morgan fingerprint density at radius 2 is 0.972 bits per heavy atom. The molecule has 0 aromatic heterocycles. The zero-order valence-corrected chi connectivity index (χ0v) is 40.7. The van der Waals surface area contributed by atoms with Crippen LogP contribution in [0.4, 0.5) is 0 Å². The van der Waals surface area contributed by atoms with Crippen LogP contribution in [0.15, 0.2) is 176 Å². The van der Waals surface area contributed by atoms with Crippen molar-refractivity contribution in [2.24, 2.45) is 23.7 Å². The van der Waals surface area contributed by atoms with Gasteiger partial charge in [0.15, 0.2) is 0 Å². The third kappa shape index (κ3) is 8.38. The number of carbonyl (C=O) groups excluding carboxylic acids is 2. The number of carboxylic acids is 2. The van der Waals surface area contributed by atoms with Gasteiger partial charge in [-0.2, -0.15) is 0 Å². The SMILES string of the molecule is O=C(O)C1[C@H](c2ccccc2Cl)C(C(=O)OCC2c3ccccc3-c3c(-c4cccc([C@H]5[C@H](C(=O)O)[C@H](c6ccccc6)[C@H]5C(=O)O[C@@H]5CCCC[C@H]5c5ccccc5)c4)cccc32)[C@H]1c1ccccc1Cl. The molecule has 0 bridgehead atoms. The number of halogens is 2. The van der Waals surface area contributed by atoms with Gasteiger partial charge in [0.2, 0.25) is 0 Å². The maximum Gasteiger partial charge on any atom is 0.310 e. The van der Waals surface area contributed by atoms with Crippen LogP contribution in [0.3, 0.4) is 0 Å². The standard InChI is InChI=1S/C62H52Cl2O8/c63-47-30-12-9-26-44(47)53-56(60(67)68)54(45-27-10-13-31-48(45)64)58(53)61(69)71-34-46-41-24-7-8-25-42(41)52-40(28-16-29-43(46)52)37-21-15-22-38(33-37)51-55(59(65)66)50(36-19-5-2-6-20-36)57(51)62(70)72-49-32-14-11-23-39(49)35-17-3-1-4-18-35/h1-10,12-13,15-22,24-31,33,39,46,49-51,53-58H,11,14,23,32,34H2,(H,65,66)(H,67,68)/t39-,46?,49+,50-,51-,53-,54-,55+,56?,57+,58?/m0/s1. The molecule has 0 aliphatic heterocycles. The van der Waals surface area contributed by atoms with Crippen LogP contribution >= 0.6 is 23.2 Å². The van der Waals surface area contributed by atoms with E-state index in [1.807, 2.05) is 109 Å². The van der Waals surface area contributed by atoms with Crippen molar-refractivity contribution >= 4 is 47.1 Å². The highest BCUT2D eigenvalue weighted by atomic mass is 35.5. The maximum atomic E-state index is 14.8. The molecule has 10 heteroatoms. The minimum absolute atomic E-state index is 0.00971. The Morgan fingerprint density at radius 1 is 0.472 bits per heavy atom. The van der Waals surface area contributed by atoms with Crippen LogP contribution in [0.5, 0.6) is 0 Å². The van der Waals surface area contributed by atoms with E-state index in [0.717, 1.165) is 75.8 Å². The van der Waals surface area contributed by atoms with Gasteiger partial charge in [0, 0.05) is 45.6 Å². The lowest BCUT2D eigenvalue weighted by molar-refractivity contribution is -0.170. The molecular weight excluding hydrogens is 944 g/mol. The summed E-state index contributed by atoms with van der Waals surface area (Å²) < 4.78 is 12.9. The number of esters is 2. The predicted molar refractivity (Wildman–Crippen MR) is 277 cm³/mol. The van der Waals surface area contributed by atoms with Crippen molar-refractivity contribution < 1.29 is 38.9 Å². The van der Waals surface area contributed by atoms with Gasteiger partial charge in [-0.1, -0.05) is 193 Å². The van der Waals surface area contributed by atoms with Gasteiger partial charge in [-0.15, -0.1) is 0 Å². The van der Waals surface area contributed by atoms with Gasteiger partial charge in [0.1, 0.15) is 12.7 Å². The summed E-state index contributed by atoms with van der Waals surface area (Å²) in [5.41, 5.74) is 9.45. The second kappa shape index (κ2) is 19.9. The van der Waals surface area contributed by atoms with Crippen molar-refractivity contribution in [1.29, 1.82) is 0 Å². The number of benzene rings is 7. The number of hydrogen-bond acceptors (Lipinski definition) is 6. The van der Waals surface area contributed by atoms with Crippen molar-refractivity contribution in [1.82, 2.24) is 0 Å². The Morgan fingerprint density at radius 3 is 1.62 bits per heavy atom. The highest BCUT2D eigenvalue weighted by Crippen LogP contribution is 2.61. The Bertz CT molecular complexity index is 3140. The van der Waals surface area contributed by atoms with E-state index in [1.165, 1.54) is 0 Å². The summed E-state index contributed by atoms with van der Waals surface area (Å²) in [5.74, 6) is -9.46. The fourth-order valence-electron chi connectivity index (χ4n) is 13.0. The van der Waals surface area contributed by atoms with Crippen molar-refractivity contribution in [3.05, 3.63) is 225 Å². The summed E-state index contributed by atoms with van der Waals surface area (Å²) in [6.07, 6.45) is 3.34.